The molecular weight excluding hydrogens is 418 g/mol. The van der Waals surface area contributed by atoms with Gasteiger partial charge in [0, 0.05) is 47.8 Å². The van der Waals surface area contributed by atoms with Crippen molar-refractivity contribution in [3.8, 4) is 0 Å². The first-order valence-electron chi connectivity index (χ1n) is 11.1. The quantitative estimate of drug-likeness (QED) is 0.341. The molecule has 5 heteroatoms. The number of nitrogens with one attached hydrogen (secondary N) is 1. The Bertz CT molecular complexity index is 1020. The van der Waals surface area contributed by atoms with Crippen molar-refractivity contribution < 1.29 is 0 Å². The van der Waals surface area contributed by atoms with E-state index >= 15 is 0 Å². The lowest BCUT2D eigenvalue weighted by Crippen LogP contribution is -2.44. The van der Waals surface area contributed by atoms with E-state index in [9.17, 15) is 0 Å². The van der Waals surface area contributed by atoms with Gasteiger partial charge < -0.3 is 10.2 Å². The number of anilines is 2. The van der Waals surface area contributed by atoms with Gasteiger partial charge in [-0.1, -0.05) is 72.2 Å². The van der Waals surface area contributed by atoms with Crippen LogP contribution in [0.2, 0.25) is 0 Å². The van der Waals surface area contributed by atoms with E-state index in [2.05, 4.69) is 94.2 Å². The normalized spacial score (nSPS) is 17.5. The van der Waals surface area contributed by atoms with Crippen LogP contribution in [0.5, 0.6) is 0 Å². The van der Waals surface area contributed by atoms with E-state index in [1.165, 1.54) is 32.3 Å². The molecule has 3 nitrogen and oxygen atoms in total. The van der Waals surface area contributed by atoms with Crippen molar-refractivity contribution in [3.05, 3.63) is 83.9 Å². The lowest BCUT2D eigenvalue weighted by molar-refractivity contribution is 0.198. The van der Waals surface area contributed by atoms with Crippen molar-refractivity contribution >= 4 is 35.1 Å². The Labute approximate surface area is 194 Å². The number of piperazine rings is 1. The third-order valence-corrected chi connectivity index (χ3v) is 8.45. The van der Waals surface area contributed by atoms with Gasteiger partial charge in [0.2, 0.25) is 0 Å². The minimum Gasteiger partial charge on any atom is -0.354 e. The fourth-order valence-electron chi connectivity index (χ4n) is 4.18. The van der Waals surface area contributed by atoms with E-state index in [0.29, 0.717) is 5.25 Å². The second kappa shape index (κ2) is 9.70. The highest BCUT2D eigenvalue weighted by atomic mass is 32.2. The molecule has 31 heavy (non-hydrogen) atoms. The average Bonchev–Trinajstić information content (AvgIpc) is 2.82. The molecular formula is C26H29N3S2. The highest BCUT2D eigenvalue weighted by Gasteiger charge is 2.21. The van der Waals surface area contributed by atoms with Gasteiger partial charge in [-0.3, -0.25) is 0 Å². The largest absolute Gasteiger partial charge is 0.354 e. The molecule has 1 atom stereocenters. The van der Waals surface area contributed by atoms with Crippen LogP contribution in [-0.2, 0) is 6.42 Å². The lowest BCUT2D eigenvalue weighted by atomic mass is 10.1. The second-order valence-corrected chi connectivity index (χ2v) is 10.8. The van der Waals surface area contributed by atoms with Gasteiger partial charge in [0.15, 0.2) is 0 Å². The number of rotatable bonds is 6. The van der Waals surface area contributed by atoms with E-state index in [4.69, 9.17) is 0 Å². The average molecular weight is 448 g/mol. The zero-order valence-electron chi connectivity index (χ0n) is 18.0. The first kappa shape index (κ1) is 21.0. The molecule has 0 saturated carbocycles. The molecule has 2 heterocycles. The third-order valence-electron chi connectivity index (χ3n) is 6.05. The minimum atomic E-state index is 0.449. The molecule has 160 valence electrons. The van der Waals surface area contributed by atoms with Crippen molar-refractivity contribution in [1.29, 1.82) is 0 Å². The molecule has 1 N–H and O–H groups in total. The van der Waals surface area contributed by atoms with Gasteiger partial charge in [-0.2, -0.15) is 0 Å². The fraction of sp³-hybridized carbons (Fsp3) is 0.308. The molecule has 1 fully saturated rings. The van der Waals surface area contributed by atoms with Crippen LogP contribution in [0.15, 0.2) is 82.6 Å². The monoisotopic (exact) mass is 447 g/mol. The SMILES string of the molecule is CC(SN1CCN(CCc2ccccc2)CC1)c1ccc2c(c1)Nc1ccccc1S2. The van der Waals surface area contributed by atoms with E-state index < -0.39 is 0 Å². The summed E-state index contributed by atoms with van der Waals surface area (Å²) in [5, 5.41) is 4.07. The summed E-state index contributed by atoms with van der Waals surface area (Å²) in [6.45, 7) is 8.08. The van der Waals surface area contributed by atoms with E-state index in [0.717, 1.165) is 39.1 Å². The first-order valence-corrected chi connectivity index (χ1v) is 12.8. The van der Waals surface area contributed by atoms with Crippen molar-refractivity contribution in [2.24, 2.45) is 0 Å². The summed E-state index contributed by atoms with van der Waals surface area (Å²) in [6, 6.07) is 26.3. The molecule has 1 saturated heterocycles. The zero-order chi connectivity index (χ0) is 21.0. The molecule has 2 aliphatic heterocycles. The standard InChI is InChI=1S/C26H29N3S2/c1-20(22-11-12-26-24(19-22)27-23-9-5-6-10-25(23)30-26)31-29-17-15-28(16-18-29)14-13-21-7-3-2-4-8-21/h2-12,19-20,27H,13-18H2,1H3. The van der Waals surface area contributed by atoms with E-state index in [-0.39, 0.29) is 0 Å². The van der Waals surface area contributed by atoms with Gasteiger partial charge in [0.05, 0.1) is 11.4 Å². The maximum atomic E-state index is 3.62. The van der Waals surface area contributed by atoms with E-state index in [1.54, 1.807) is 0 Å². The van der Waals surface area contributed by atoms with Gasteiger partial charge in [0.1, 0.15) is 0 Å². The maximum absolute atomic E-state index is 3.62. The summed E-state index contributed by atoms with van der Waals surface area (Å²) in [5.41, 5.74) is 5.28. The highest BCUT2D eigenvalue weighted by molar-refractivity contribution is 7.99. The Balaban J connectivity index is 1.13. The molecule has 3 aromatic carbocycles. The summed E-state index contributed by atoms with van der Waals surface area (Å²) in [7, 11) is 0. The van der Waals surface area contributed by atoms with Crippen LogP contribution in [0.25, 0.3) is 0 Å². The van der Waals surface area contributed by atoms with Crippen molar-refractivity contribution in [2.45, 2.75) is 28.4 Å². The smallest absolute Gasteiger partial charge is 0.0529 e. The third kappa shape index (κ3) is 5.12. The van der Waals surface area contributed by atoms with Crippen LogP contribution in [0.3, 0.4) is 0 Å². The van der Waals surface area contributed by atoms with Gasteiger partial charge in [-0.15, -0.1) is 0 Å². The number of hydrogen-bond donors (Lipinski definition) is 1. The van der Waals surface area contributed by atoms with Gasteiger partial charge in [0.25, 0.3) is 0 Å². The fourth-order valence-corrected chi connectivity index (χ4v) is 6.24. The van der Waals surface area contributed by atoms with Gasteiger partial charge >= 0.3 is 0 Å². The molecule has 0 spiro atoms. The Morgan fingerprint density at radius 3 is 2.45 bits per heavy atom. The van der Waals surface area contributed by atoms with Crippen LogP contribution in [0.4, 0.5) is 11.4 Å². The molecule has 0 radical (unpaired) electrons. The van der Waals surface area contributed by atoms with Gasteiger partial charge in [-0.25, -0.2) is 4.31 Å². The summed E-state index contributed by atoms with van der Waals surface area (Å²) in [5.74, 6) is 0. The predicted molar refractivity (Wildman–Crippen MR) is 134 cm³/mol. The summed E-state index contributed by atoms with van der Waals surface area (Å²) < 4.78 is 2.56. The molecule has 0 aliphatic carbocycles. The van der Waals surface area contributed by atoms with Crippen molar-refractivity contribution in [2.75, 3.05) is 38.0 Å². The van der Waals surface area contributed by atoms with Gasteiger partial charge in [-0.05, 0) is 48.7 Å². The maximum Gasteiger partial charge on any atom is 0.0529 e. The Morgan fingerprint density at radius 1 is 0.871 bits per heavy atom. The Hall–Kier alpha value is -1.92. The summed E-state index contributed by atoms with van der Waals surface area (Å²) in [6.07, 6.45) is 1.15. The zero-order valence-corrected chi connectivity index (χ0v) is 19.6. The number of para-hydroxylation sites is 1. The summed E-state index contributed by atoms with van der Waals surface area (Å²) in [4.78, 5) is 5.22. The first-order chi connectivity index (χ1) is 15.2. The molecule has 0 bridgehead atoms. The van der Waals surface area contributed by atoms with Crippen LogP contribution >= 0.6 is 23.7 Å². The van der Waals surface area contributed by atoms with Crippen molar-refractivity contribution in [3.63, 3.8) is 0 Å². The summed E-state index contributed by atoms with van der Waals surface area (Å²) >= 11 is 3.85. The molecule has 5 rings (SSSR count). The lowest BCUT2D eigenvalue weighted by Gasteiger charge is -2.35. The second-order valence-electron chi connectivity index (χ2n) is 8.23. The molecule has 0 amide bonds. The number of fused-ring (bicyclic) bond motifs is 2. The van der Waals surface area contributed by atoms with E-state index in [1.807, 2.05) is 23.7 Å². The van der Waals surface area contributed by atoms with Crippen LogP contribution in [-0.4, -0.2) is 41.9 Å². The molecule has 1 unspecified atom stereocenters. The highest BCUT2D eigenvalue weighted by Crippen LogP contribution is 2.45. The predicted octanol–water partition coefficient (Wildman–Crippen LogP) is 6.46. The topological polar surface area (TPSA) is 18.5 Å². The number of nitrogens with zero attached hydrogens (tertiary/aromatic N) is 2. The molecule has 0 aromatic heterocycles. The Kier molecular flexibility index (Phi) is 6.55. The number of benzene rings is 3. The van der Waals surface area contributed by atoms with Crippen LogP contribution in [0, 0.1) is 0 Å². The Morgan fingerprint density at radius 2 is 1.61 bits per heavy atom. The van der Waals surface area contributed by atoms with Crippen molar-refractivity contribution in [1.82, 2.24) is 9.21 Å². The van der Waals surface area contributed by atoms with Crippen LogP contribution in [0.1, 0.15) is 23.3 Å². The molecule has 2 aliphatic rings. The van der Waals surface area contributed by atoms with Crippen LogP contribution < -0.4 is 5.32 Å². The number of hydrogen-bond acceptors (Lipinski definition) is 5. The minimum absolute atomic E-state index is 0.449. The molecule has 3 aromatic rings.